The van der Waals surface area contributed by atoms with E-state index < -0.39 is 57.7 Å². The number of allylic oxidation sites excluding steroid dienone is 14. The number of carboxylic acids is 1. The van der Waals surface area contributed by atoms with Crippen molar-refractivity contribution in [3.63, 3.8) is 0 Å². The quantitative estimate of drug-likeness (QED) is 0.0234. The van der Waals surface area contributed by atoms with E-state index in [0.29, 0.717) is 12.8 Å². The van der Waals surface area contributed by atoms with Gasteiger partial charge in [0.1, 0.15) is 12.6 Å². The van der Waals surface area contributed by atoms with Crippen molar-refractivity contribution in [2.24, 2.45) is 5.73 Å². The number of hydrogen-bond donors (Lipinski definition) is 3. The van der Waals surface area contributed by atoms with Crippen LogP contribution < -0.4 is 5.73 Å². The molecule has 0 saturated carbocycles. The van der Waals surface area contributed by atoms with E-state index in [4.69, 9.17) is 24.8 Å². The monoisotopic (exact) mass is 820 g/mol. The highest BCUT2D eigenvalue weighted by Gasteiger charge is 2.28. The van der Waals surface area contributed by atoms with E-state index in [1.165, 1.54) is 38.5 Å². The molecule has 0 radical (unpaired) electrons. The van der Waals surface area contributed by atoms with Crippen molar-refractivity contribution in [1.29, 1.82) is 0 Å². The summed E-state index contributed by atoms with van der Waals surface area (Å²) >= 11 is 0. The third-order valence-corrected chi connectivity index (χ3v) is 9.33. The Hall–Kier alpha value is -3.34. The van der Waals surface area contributed by atoms with Crippen LogP contribution in [-0.2, 0) is 37.5 Å². The Morgan fingerprint density at radius 2 is 0.982 bits per heavy atom. The van der Waals surface area contributed by atoms with Gasteiger partial charge in [-0.05, 0) is 77.0 Å². The molecule has 12 heteroatoms. The van der Waals surface area contributed by atoms with E-state index in [1.54, 1.807) is 0 Å². The first-order valence-corrected chi connectivity index (χ1v) is 22.6. The molecule has 0 aromatic heterocycles. The topological polar surface area (TPSA) is 172 Å². The average molecular weight is 820 g/mol. The molecule has 3 atom stereocenters. The molecule has 324 valence electrons. The van der Waals surface area contributed by atoms with Crippen molar-refractivity contribution < 1.29 is 47.5 Å². The standard InChI is InChI=1S/C45H74NO10P/c1-3-5-7-9-11-13-15-17-19-20-21-22-23-25-26-28-30-32-34-36-43(47)53-38-41(39-54-57(51,52)55-40-42(46)45(49)50)56-44(48)37-35-33-31-29-27-24-18-16-14-12-10-8-6-4-2/h10-13,16-19,21-22,25-26,30,32,41-42H,3-9,14-15,20,23-24,27-29,31,33-40,46H2,1-2H3,(H,49,50)(H,51,52)/b12-10+,13-11+,18-16+,19-17+,22-21+,26-25+,32-30+/t41-,42+/m0/s1. The largest absolute Gasteiger partial charge is 0.480 e. The second-order valence-corrected chi connectivity index (χ2v) is 15.2. The number of carboxylic acid groups (broad SMARTS) is 1. The molecule has 0 aromatic carbocycles. The van der Waals surface area contributed by atoms with Gasteiger partial charge in [0.2, 0.25) is 0 Å². The molecular weight excluding hydrogens is 745 g/mol. The van der Waals surface area contributed by atoms with E-state index in [-0.39, 0.29) is 12.8 Å². The number of carbonyl (C=O) groups excluding carboxylic acids is 2. The maximum Gasteiger partial charge on any atom is 0.472 e. The SMILES string of the molecule is CCCC/C=C/C/C=C/CCCCCCCC(=O)O[C@@H](COC(=O)CC/C=C/C/C=C/C/C=C/C/C=C/C/C=C/CCCCC)COP(=O)(O)OC[C@@H](N)C(=O)O. The summed E-state index contributed by atoms with van der Waals surface area (Å²) in [5, 5.41) is 8.88. The Morgan fingerprint density at radius 1 is 0.544 bits per heavy atom. The third kappa shape index (κ3) is 39.3. The normalized spacial score (nSPS) is 14.6. The zero-order valence-corrected chi connectivity index (χ0v) is 35.8. The molecule has 0 aromatic rings. The number of rotatable bonds is 38. The van der Waals surface area contributed by atoms with Crippen molar-refractivity contribution in [1.82, 2.24) is 0 Å². The minimum atomic E-state index is -4.74. The van der Waals surface area contributed by atoms with Crippen molar-refractivity contribution in [3.8, 4) is 0 Å². The second-order valence-electron chi connectivity index (χ2n) is 13.8. The molecule has 1 unspecified atom stereocenters. The van der Waals surface area contributed by atoms with Crippen LogP contribution in [0.2, 0.25) is 0 Å². The molecule has 0 aliphatic carbocycles. The number of aliphatic carboxylic acids is 1. The minimum absolute atomic E-state index is 0.0905. The highest BCUT2D eigenvalue weighted by molar-refractivity contribution is 7.47. The molecule has 0 spiro atoms. The fourth-order valence-electron chi connectivity index (χ4n) is 5.00. The zero-order chi connectivity index (χ0) is 42.1. The third-order valence-electron chi connectivity index (χ3n) is 8.38. The van der Waals surface area contributed by atoms with E-state index in [9.17, 15) is 23.8 Å². The molecule has 0 aliphatic heterocycles. The smallest absolute Gasteiger partial charge is 0.472 e. The average Bonchev–Trinajstić information content (AvgIpc) is 3.19. The summed E-state index contributed by atoms with van der Waals surface area (Å²) in [7, 11) is -4.74. The highest BCUT2D eigenvalue weighted by Crippen LogP contribution is 2.43. The van der Waals surface area contributed by atoms with Gasteiger partial charge in [-0.25, -0.2) is 4.57 Å². The molecule has 4 N–H and O–H groups in total. The van der Waals surface area contributed by atoms with Crippen LogP contribution in [0.5, 0.6) is 0 Å². The first-order chi connectivity index (χ1) is 27.6. The van der Waals surface area contributed by atoms with E-state index >= 15 is 0 Å². The van der Waals surface area contributed by atoms with Crippen molar-refractivity contribution >= 4 is 25.7 Å². The molecular formula is C45H74NO10P. The summed E-state index contributed by atoms with van der Waals surface area (Å²) in [5.41, 5.74) is 5.32. The molecule has 0 saturated heterocycles. The molecule has 0 aliphatic rings. The van der Waals surface area contributed by atoms with Gasteiger partial charge in [-0.15, -0.1) is 0 Å². The van der Waals surface area contributed by atoms with Gasteiger partial charge in [-0.2, -0.15) is 0 Å². The van der Waals surface area contributed by atoms with Crippen LogP contribution >= 0.6 is 7.82 Å². The lowest BCUT2D eigenvalue weighted by atomic mass is 10.1. The summed E-state index contributed by atoms with van der Waals surface area (Å²) in [5.74, 6) is -2.51. The summed E-state index contributed by atoms with van der Waals surface area (Å²) in [4.78, 5) is 45.9. The lowest BCUT2D eigenvalue weighted by molar-refractivity contribution is -0.161. The van der Waals surface area contributed by atoms with Crippen molar-refractivity contribution in [2.45, 2.75) is 161 Å². The maximum atomic E-state index is 12.6. The number of carbonyl (C=O) groups is 3. The molecule has 0 rings (SSSR count). The number of ether oxygens (including phenoxy) is 2. The highest BCUT2D eigenvalue weighted by atomic mass is 31.2. The fraction of sp³-hybridized carbons (Fsp3) is 0.622. The summed E-state index contributed by atoms with van der Waals surface area (Å²) in [6.07, 6.45) is 48.0. The number of phosphoric ester groups is 1. The fourth-order valence-corrected chi connectivity index (χ4v) is 5.78. The van der Waals surface area contributed by atoms with Gasteiger partial charge in [-0.1, -0.05) is 144 Å². The molecule has 0 bridgehead atoms. The Labute approximate surface area is 343 Å². The van der Waals surface area contributed by atoms with Crippen LogP contribution in [0.15, 0.2) is 85.1 Å². The van der Waals surface area contributed by atoms with E-state index in [2.05, 4.69) is 91.3 Å². The Bertz CT molecular complexity index is 1290. The van der Waals surface area contributed by atoms with Gasteiger partial charge >= 0.3 is 25.7 Å². The van der Waals surface area contributed by atoms with Gasteiger partial charge < -0.3 is 25.2 Å². The predicted octanol–water partition coefficient (Wildman–Crippen LogP) is 11.1. The van der Waals surface area contributed by atoms with Crippen LogP contribution in [0.4, 0.5) is 0 Å². The lowest BCUT2D eigenvalue weighted by Gasteiger charge is -2.20. The van der Waals surface area contributed by atoms with Gasteiger partial charge in [-0.3, -0.25) is 23.4 Å². The van der Waals surface area contributed by atoms with Crippen LogP contribution in [0.3, 0.4) is 0 Å². The minimum Gasteiger partial charge on any atom is -0.480 e. The van der Waals surface area contributed by atoms with Gasteiger partial charge in [0.15, 0.2) is 6.10 Å². The number of nitrogens with two attached hydrogens (primary N) is 1. The van der Waals surface area contributed by atoms with Crippen LogP contribution in [0.25, 0.3) is 0 Å². The molecule has 0 heterocycles. The second kappa shape index (κ2) is 39.5. The predicted molar refractivity (Wildman–Crippen MR) is 230 cm³/mol. The van der Waals surface area contributed by atoms with Crippen LogP contribution in [0.1, 0.15) is 149 Å². The van der Waals surface area contributed by atoms with E-state index in [1.807, 2.05) is 12.2 Å². The van der Waals surface area contributed by atoms with E-state index in [0.717, 1.165) is 70.6 Å². The van der Waals surface area contributed by atoms with Gasteiger partial charge in [0, 0.05) is 12.8 Å². The summed E-state index contributed by atoms with van der Waals surface area (Å²) in [6, 6.07) is -1.54. The first kappa shape index (κ1) is 53.7. The lowest BCUT2D eigenvalue weighted by Crippen LogP contribution is -2.34. The van der Waals surface area contributed by atoms with Crippen molar-refractivity contribution in [2.75, 3.05) is 19.8 Å². The number of hydrogen-bond acceptors (Lipinski definition) is 9. The molecule has 0 amide bonds. The summed E-state index contributed by atoms with van der Waals surface area (Å²) in [6.45, 7) is 2.62. The molecule has 11 nitrogen and oxygen atoms in total. The van der Waals surface area contributed by atoms with Crippen LogP contribution in [-0.4, -0.2) is 59.9 Å². The van der Waals surface area contributed by atoms with Crippen LogP contribution in [0, 0.1) is 0 Å². The number of phosphoric acid groups is 1. The summed E-state index contributed by atoms with van der Waals surface area (Å²) < 4.78 is 32.5. The Balaban J connectivity index is 4.54. The Morgan fingerprint density at radius 3 is 1.51 bits per heavy atom. The van der Waals surface area contributed by atoms with Gasteiger partial charge in [0.25, 0.3) is 0 Å². The Kier molecular flexibility index (Phi) is 37.2. The number of esters is 2. The van der Waals surface area contributed by atoms with Crippen molar-refractivity contribution in [3.05, 3.63) is 85.1 Å². The van der Waals surface area contributed by atoms with Gasteiger partial charge in [0.05, 0.1) is 13.2 Å². The first-order valence-electron chi connectivity index (χ1n) is 21.1. The molecule has 0 fully saturated rings. The maximum absolute atomic E-state index is 12.6. The molecule has 57 heavy (non-hydrogen) atoms. The number of unbranched alkanes of at least 4 members (excludes halogenated alkanes) is 10. The zero-order valence-electron chi connectivity index (χ0n) is 34.9.